The van der Waals surface area contributed by atoms with Gasteiger partial charge in [0.05, 0.1) is 17.8 Å². The van der Waals surface area contributed by atoms with Crippen molar-refractivity contribution in [1.29, 1.82) is 0 Å². The topological polar surface area (TPSA) is 96.6 Å². The molecule has 194 valence electrons. The molecule has 0 spiro atoms. The van der Waals surface area contributed by atoms with Crippen molar-refractivity contribution >= 4 is 17.9 Å². The van der Waals surface area contributed by atoms with E-state index in [1.54, 1.807) is 6.07 Å². The number of ether oxygens (including phenoxy) is 1. The molecule has 1 aromatic heterocycles. The molecule has 2 atom stereocenters. The number of anilines is 2. The maximum atomic E-state index is 15.0. The number of amides is 1. The van der Waals surface area contributed by atoms with Crippen LogP contribution in [0.4, 0.5) is 25.3 Å². The van der Waals surface area contributed by atoms with Gasteiger partial charge in [-0.15, -0.1) is 0 Å². The van der Waals surface area contributed by atoms with Crippen LogP contribution in [0.2, 0.25) is 0 Å². The molecule has 0 radical (unpaired) electrons. The van der Waals surface area contributed by atoms with Crippen molar-refractivity contribution in [1.82, 2.24) is 14.9 Å². The molecular formula is C26H34F2N6O2. The van der Waals surface area contributed by atoms with Crippen LogP contribution >= 0.6 is 0 Å². The van der Waals surface area contributed by atoms with Crippen molar-refractivity contribution in [3.63, 3.8) is 0 Å². The first kappa shape index (κ1) is 24.8. The van der Waals surface area contributed by atoms with Gasteiger partial charge in [0.2, 0.25) is 5.95 Å². The van der Waals surface area contributed by atoms with Gasteiger partial charge in [0.25, 0.3) is 0 Å². The van der Waals surface area contributed by atoms with Crippen molar-refractivity contribution < 1.29 is 18.3 Å². The summed E-state index contributed by atoms with van der Waals surface area (Å²) in [5.74, 6) is -0.669. The van der Waals surface area contributed by atoms with Crippen LogP contribution in [0.5, 0.6) is 0 Å². The highest BCUT2D eigenvalue weighted by Crippen LogP contribution is 2.47. The molecule has 3 heterocycles. The van der Waals surface area contributed by atoms with E-state index in [9.17, 15) is 13.6 Å². The second-order valence-corrected chi connectivity index (χ2v) is 11.0. The fourth-order valence-electron chi connectivity index (χ4n) is 5.17. The second-order valence-electron chi connectivity index (χ2n) is 11.0. The van der Waals surface area contributed by atoms with Crippen LogP contribution in [0.3, 0.4) is 0 Å². The van der Waals surface area contributed by atoms with Crippen LogP contribution in [-0.4, -0.2) is 51.7 Å². The van der Waals surface area contributed by atoms with Gasteiger partial charge in [-0.1, -0.05) is 12.1 Å². The smallest absolute Gasteiger partial charge is 0.416 e. The Morgan fingerprint density at radius 1 is 1.22 bits per heavy atom. The van der Waals surface area contributed by atoms with Gasteiger partial charge in [0, 0.05) is 30.7 Å². The van der Waals surface area contributed by atoms with E-state index in [1.165, 1.54) is 11.0 Å². The zero-order valence-electron chi connectivity index (χ0n) is 21.1. The third-order valence-electron chi connectivity index (χ3n) is 7.89. The average Bonchev–Trinajstić information content (AvgIpc) is 3.64. The number of nitrogens with two attached hydrogens (primary N) is 1. The fourth-order valence-corrected chi connectivity index (χ4v) is 5.17. The quantitative estimate of drug-likeness (QED) is 0.583. The molecule has 10 heteroatoms. The van der Waals surface area contributed by atoms with Crippen LogP contribution in [0.15, 0.2) is 24.4 Å². The Bertz CT molecular complexity index is 1150. The third kappa shape index (κ3) is 4.88. The lowest BCUT2D eigenvalue weighted by atomic mass is 9.91. The van der Waals surface area contributed by atoms with E-state index < -0.39 is 17.4 Å². The summed E-state index contributed by atoms with van der Waals surface area (Å²) in [5.41, 5.74) is 6.77. The molecule has 3 aliphatic rings. The van der Waals surface area contributed by atoms with Gasteiger partial charge in [-0.05, 0) is 64.0 Å². The van der Waals surface area contributed by atoms with Gasteiger partial charge in [-0.3, -0.25) is 4.90 Å². The highest BCUT2D eigenvalue weighted by Gasteiger charge is 2.55. The molecule has 1 aromatic carbocycles. The number of nitrogens with one attached hydrogen (secondary N) is 1. The monoisotopic (exact) mass is 500 g/mol. The molecule has 2 aromatic rings. The molecular weight excluding hydrogens is 466 g/mol. The average molecular weight is 501 g/mol. The molecule has 3 N–H and O–H groups in total. The number of hydrogen-bond donors (Lipinski definition) is 2. The summed E-state index contributed by atoms with van der Waals surface area (Å²) in [6.07, 6.45) is 4.15. The number of piperidine rings is 1. The molecule has 2 saturated heterocycles. The highest BCUT2D eigenvalue weighted by molar-refractivity contribution is 5.90. The Morgan fingerprint density at radius 3 is 2.61 bits per heavy atom. The summed E-state index contributed by atoms with van der Waals surface area (Å²) in [5, 5.41) is 3.11. The largest absolute Gasteiger partial charge is 0.447 e. The van der Waals surface area contributed by atoms with E-state index in [4.69, 9.17) is 10.5 Å². The number of carbonyl (C=O) groups is 1. The normalized spacial score (nSPS) is 25.1. The molecule has 3 fully saturated rings. The van der Waals surface area contributed by atoms with Gasteiger partial charge in [0.1, 0.15) is 12.4 Å². The molecule has 0 bridgehead atoms. The SMILES string of the molecule is C[C@H](Nc1ncc(F)c(N2C(=O)OC[C@@]2(C)C2CC2)n1)c1ccc(CN2CCC(C)(N)CC2)c(F)c1. The predicted molar refractivity (Wildman–Crippen MR) is 132 cm³/mol. The van der Waals surface area contributed by atoms with Crippen LogP contribution < -0.4 is 16.0 Å². The van der Waals surface area contributed by atoms with E-state index in [0.717, 1.165) is 45.0 Å². The Labute approximate surface area is 210 Å². The standard InChI is InChI=1S/C26H34F2N6O2/c1-16(17-4-5-18(20(27)12-17)14-33-10-8-25(2,29)9-11-33)31-23-30-13-21(28)22(32-23)34-24(35)36-15-26(34,3)19-6-7-19/h4-5,12-13,16,19H,6-11,14-15,29H2,1-3H3,(H,30,31,32)/t16-,26-/m0/s1. The summed E-state index contributed by atoms with van der Waals surface area (Å²) < 4.78 is 35.0. The second kappa shape index (κ2) is 9.23. The number of hydrogen-bond acceptors (Lipinski definition) is 7. The van der Waals surface area contributed by atoms with E-state index in [2.05, 4.69) is 27.1 Å². The molecule has 1 aliphatic carbocycles. The lowest BCUT2D eigenvalue weighted by Gasteiger charge is -2.36. The van der Waals surface area contributed by atoms with Gasteiger partial charge < -0.3 is 15.8 Å². The first-order valence-corrected chi connectivity index (χ1v) is 12.6. The molecule has 2 aliphatic heterocycles. The van der Waals surface area contributed by atoms with Crippen molar-refractivity contribution in [3.8, 4) is 0 Å². The predicted octanol–water partition coefficient (Wildman–Crippen LogP) is 4.37. The van der Waals surface area contributed by atoms with Gasteiger partial charge in [-0.25, -0.2) is 23.5 Å². The van der Waals surface area contributed by atoms with Crippen LogP contribution in [0, 0.1) is 17.6 Å². The zero-order valence-corrected chi connectivity index (χ0v) is 21.1. The van der Waals surface area contributed by atoms with Crippen LogP contribution in [0.25, 0.3) is 0 Å². The fraction of sp³-hybridized carbons (Fsp3) is 0.577. The van der Waals surface area contributed by atoms with E-state index in [1.807, 2.05) is 19.9 Å². The maximum absolute atomic E-state index is 15.0. The molecule has 0 unspecified atom stereocenters. The van der Waals surface area contributed by atoms with E-state index in [-0.39, 0.29) is 41.7 Å². The number of benzene rings is 1. The van der Waals surface area contributed by atoms with Crippen molar-refractivity contribution in [2.24, 2.45) is 11.7 Å². The number of carbonyl (C=O) groups excluding carboxylic acids is 1. The van der Waals surface area contributed by atoms with Gasteiger partial charge in [0.15, 0.2) is 11.6 Å². The number of likely N-dealkylation sites (tertiary alicyclic amines) is 1. The lowest BCUT2D eigenvalue weighted by Crippen LogP contribution is -2.47. The Kier molecular flexibility index (Phi) is 6.36. The first-order valence-electron chi connectivity index (χ1n) is 12.6. The van der Waals surface area contributed by atoms with Gasteiger partial charge in [-0.2, -0.15) is 4.98 Å². The minimum Gasteiger partial charge on any atom is -0.447 e. The summed E-state index contributed by atoms with van der Waals surface area (Å²) in [7, 11) is 0. The maximum Gasteiger partial charge on any atom is 0.416 e. The summed E-state index contributed by atoms with van der Waals surface area (Å²) in [6.45, 7) is 8.25. The first-order chi connectivity index (χ1) is 17.1. The van der Waals surface area contributed by atoms with Crippen LogP contribution in [-0.2, 0) is 11.3 Å². The Balaban J connectivity index is 1.29. The summed E-state index contributed by atoms with van der Waals surface area (Å²) in [4.78, 5) is 24.4. The third-order valence-corrected chi connectivity index (χ3v) is 7.89. The van der Waals surface area contributed by atoms with Gasteiger partial charge >= 0.3 is 6.09 Å². The van der Waals surface area contributed by atoms with Crippen LogP contribution in [0.1, 0.15) is 63.6 Å². The molecule has 5 rings (SSSR count). The minimum absolute atomic E-state index is 0.103. The summed E-state index contributed by atoms with van der Waals surface area (Å²) in [6, 6.07) is 4.84. The van der Waals surface area contributed by atoms with Crippen molar-refractivity contribution in [2.75, 3.05) is 29.9 Å². The molecule has 8 nitrogen and oxygen atoms in total. The number of cyclic esters (lactones) is 1. The minimum atomic E-state index is -0.693. The number of aromatic nitrogens is 2. The zero-order chi connectivity index (χ0) is 25.7. The van der Waals surface area contributed by atoms with E-state index >= 15 is 0 Å². The number of nitrogens with zero attached hydrogens (tertiary/aromatic N) is 4. The van der Waals surface area contributed by atoms with Crippen molar-refractivity contribution in [2.45, 2.75) is 70.1 Å². The Morgan fingerprint density at radius 2 is 1.94 bits per heavy atom. The molecule has 36 heavy (non-hydrogen) atoms. The van der Waals surface area contributed by atoms with Crippen molar-refractivity contribution in [3.05, 3.63) is 47.2 Å². The lowest BCUT2D eigenvalue weighted by molar-refractivity contribution is 0.163. The van der Waals surface area contributed by atoms with E-state index in [0.29, 0.717) is 17.7 Å². The molecule has 1 amide bonds. The highest BCUT2D eigenvalue weighted by atomic mass is 19.1. The number of rotatable bonds is 7. The molecule has 1 saturated carbocycles. The number of halogens is 2. The Hall–Kier alpha value is -2.85. The summed E-state index contributed by atoms with van der Waals surface area (Å²) >= 11 is 0.